The minimum absolute atomic E-state index is 0.0791. The molecule has 4 amide bonds. The number of amides is 4. The standard InChI is InChI=1S/C23H26N4O4/c1-15(2)13-26-11-10-17-18(6-3-7-20(17)26)24-21(28)9-8-19-22(29)27(23(30)25-19)14-16-5-4-12-31-16/h3-7,10-12,15,19H,8-9,13-14H2,1-2H3,(H,24,28)(H,25,30). The van der Waals surface area contributed by atoms with Crippen molar-refractivity contribution in [1.29, 1.82) is 0 Å². The first kappa shape index (κ1) is 20.7. The topological polar surface area (TPSA) is 96.6 Å². The fourth-order valence-corrected chi connectivity index (χ4v) is 3.85. The van der Waals surface area contributed by atoms with E-state index in [9.17, 15) is 14.4 Å². The fraction of sp³-hybridized carbons (Fsp3) is 0.348. The number of rotatable bonds is 8. The first-order valence-corrected chi connectivity index (χ1v) is 10.4. The zero-order valence-electron chi connectivity index (χ0n) is 17.6. The second kappa shape index (κ2) is 8.67. The molecule has 0 bridgehead atoms. The lowest BCUT2D eigenvalue weighted by atomic mass is 10.1. The molecule has 2 aromatic heterocycles. The van der Waals surface area contributed by atoms with E-state index in [2.05, 4.69) is 29.0 Å². The molecule has 3 heterocycles. The van der Waals surface area contributed by atoms with Crippen LogP contribution in [0.25, 0.3) is 10.9 Å². The smallest absolute Gasteiger partial charge is 0.325 e. The van der Waals surface area contributed by atoms with Crippen molar-refractivity contribution in [2.24, 2.45) is 5.92 Å². The minimum atomic E-state index is -0.712. The zero-order chi connectivity index (χ0) is 22.0. The Morgan fingerprint density at radius 3 is 2.77 bits per heavy atom. The predicted molar refractivity (Wildman–Crippen MR) is 116 cm³/mol. The summed E-state index contributed by atoms with van der Waals surface area (Å²) in [4.78, 5) is 38.3. The Kier molecular flexibility index (Phi) is 5.79. The summed E-state index contributed by atoms with van der Waals surface area (Å²) in [6, 6.07) is 10.0. The van der Waals surface area contributed by atoms with Crippen molar-refractivity contribution in [2.75, 3.05) is 5.32 Å². The maximum Gasteiger partial charge on any atom is 0.325 e. The summed E-state index contributed by atoms with van der Waals surface area (Å²) in [6.07, 6.45) is 3.87. The second-order valence-corrected chi connectivity index (χ2v) is 8.19. The Hall–Kier alpha value is -3.55. The highest BCUT2D eigenvalue weighted by atomic mass is 16.3. The van der Waals surface area contributed by atoms with E-state index in [-0.39, 0.29) is 31.2 Å². The van der Waals surface area contributed by atoms with Crippen molar-refractivity contribution in [3.05, 3.63) is 54.6 Å². The molecule has 8 nitrogen and oxygen atoms in total. The third-order valence-corrected chi connectivity index (χ3v) is 5.31. The van der Waals surface area contributed by atoms with Gasteiger partial charge in [-0.2, -0.15) is 0 Å². The number of hydrogen-bond acceptors (Lipinski definition) is 4. The molecule has 4 rings (SSSR count). The molecule has 1 saturated heterocycles. The van der Waals surface area contributed by atoms with E-state index in [4.69, 9.17) is 4.42 Å². The zero-order valence-corrected chi connectivity index (χ0v) is 17.6. The van der Waals surface area contributed by atoms with Crippen LogP contribution in [0.5, 0.6) is 0 Å². The number of benzene rings is 1. The highest BCUT2D eigenvalue weighted by molar-refractivity contribution is 6.05. The Labute approximate surface area is 180 Å². The molecule has 162 valence electrons. The van der Waals surface area contributed by atoms with Crippen LogP contribution in [-0.2, 0) is 22.7 Å². The lowest BCUT2D eigenvalue weighted by Crippen LogP contribution is -2.31. The third kappa shape index (κ3) is 4.47. The van der Waals surface area contributed by atoms with E-state index < -0.39 is 12.1 Å². The number of nitrogens with one attached hydrogen (secondary N) is 2. The van der Waals surface area contributed by atoms with E-state index in [1.807, 2.05) is 30.5 Å². The summed E-state index contributed by atoms with van der Waals surface area (Å²) in [5, 5.41) is 6.57. The van der Waals surface area contributed by atoms with Crippen LogP contribution in [0.4, 0.5) is 10.5 Å². The fourth-order valence-electron chi connectivity index (χ4n) is 3.85. The quantitative estimate of drug-likeness (QED) is 0.541. The molecule has 1 aliphatic rings. The van der Waals surface area contributed by atoms with Crippen LogP contribution < -0.4 is 10.6 Å². The molecule has 0 radical (unpaired) electrons. The summed E-state index contributed by atoms with van der Waals surface area (Å²) < 4.78 is 7.39. The van der Waals surface area contributed by atoms with Gasteiger partial charge in [0.25, 0.3) is 5.91 Å². The summed E-state index contributed by atoms with van der Waals surface area (Å²) in [5.41, 5.74) is 1.81. The maximum atomic E-state index is 12.6. The molecule has 0 spiro atoms. The molecule has 1 unspecified atom stereocenters. The number of carbonyl (C=O) groups excluding carboxylic acids is 3. The molecule has 8 heteroatoms. The number of fused-ring (bicyclic) bond motifs is 1. The van der Waals surface area contributed by atoms with Gasteiger partial charge in [0.05, 0.1) is 24.0 Å². The molecule has 0 saturated carbocycles. The van der Waals surface area contributed by atoms with Gasteiger partial charge in [-0.15, -0.1) is 0 Å². The second-order valence-electron chi connectivity index (χ2n) is 8.19. The van der Waals surface area contributed by atoms with Gasteiger partial charge < -0.3 is 19.6 Å². The highest BCUT2D eigenvalue weighted by Gasteiger charge is 2.38. The normalized spacial score (nSPS) is 16.4. The van der Waals surface area contributed by atoms with Gasteiger partial charge in [0.1, 0.15) is 11.8 Å². The molecule has 3 aromatic rings. The third-order valence-electron chi connectivity index (χ3n) is 5.31. The molecule has 2 N–H and O–H groups in total. The van der Waals surface area contributed by atoms with Crippen LogP contribution in [0.15, 0.2) is 53.3 Å². The van der Waals surface area contributed by atoms with Crippen molar-refractivity contribution < 1.29 is 18.8 Å². The van der Waals surface area contributed by atoms with Gasteiger partial charge in [-0.1, -0.05) is 19.9 Å². The number of anilines is 1. The van der Waals surface area contributed by atoms with Crippen molar-refractivity contribution in [3.63, 3.8) is 0 Å². The van der Waals surface area contributed by atoms with E-state index >= 15 is 0 Å². The number of nitrogens with zero attached hydrogens (tertiary/aromatic N) is 2. The average molecular weight is 422 g/mol. The first-order chi connectivity index (χ1) is 14.9. The Bertz CT molecular complexity index is 1100. The average Bonchev–Trinajstić information content (AvgIpc) is 3.44. The predicted octanol–water partition coefficient (Wildman–Crippen LogP) is 3.73. The van der Waals surface area contributed by atoms with Crippen LogP contribution in [0.1, 0.15) is 32.4 Å². The van der Waals surface area contributed by atoms with Gasteiger partial charge in [0.15, 0.2) is 0 Å². The molecule has 1 fully saturated rings. The van der Waals surface area contributed by atoms with Crippen LogP contribution in [0.2, 0.25) is 0 Å². The number of imide groups is 1. The monoisotopic (exact) mass is 422 g/mol. The van der Waals surface area contributed by atoms with Gasteiger partial charge >= 0.3 is 6.03 Å². The summed E-state index contributed by atoms with van der Waals surface area (Å²) >= 11 is 0. The Morgan fingerprint density at radius 2 is 2.03 bits per heavy atom. The SMILES string of the molecule is CC(C)Cn1ccc2c(NC(=O)CCC3NC(=O)N(Cc4ccco4)C3=O)cccc21. The van der Waals surface area contributed by atoms with Gasteiger partial charge in [-0.05, 0) is 42.7 Å². The van der Waals surface area contributed by atoms with Crippen LogP contribution in [-0.4, -0.2) is 33.4 Å². The van der Waals surface area contributed by atoms with Crippen molar-refractivity contribution in [1.82, 2.24) is 14.8 Å². The Balaban J connectivity index is 1.36. The minimum Gasteiger partial charge on any atom is -0.467 e. The van der Waals surface area contributed by atoms with E-state index in [1.54, 1.807) is 12.1 Å². The number of aromatic nitrogens is 1. The molecular weight excluding hydrogens is 396 g/mol. The van der Waals surface area contributed by atoms with Gasteiger partial charge in [0, 0.05) is 24.5 Å². The van der Waals surface area contributed by atoms with Gasteiger partial charge in [0.2, 0.25) is 5.91 Å². The molecule has 31 heavy (non-hydrogen) atoms. The first-order valence-electron chi connectivity index (χ1n) is 10.4. The van der Waals surface area contributed by atoms with Gasteiger partial charge in [-0.25, -0.2) is 4.79 Å². The lowest BCUT2D eigenvalue weighted by molar-refractivity contribution is -0.128. The maximum absolute atomic E-state index is 12.6. The molecule has 1 aliphatic heterocycles. The van der Waals surface area contributed by atoms with Crippen LogP contribution >= 0.6 is 0 Å². The van der Waals surface area contributed by atoms with Crippen molar-refractivity contribution in [2.45, 2.75) is 45.8 Å². The molecule has 0 aliphatic carbocycles. The van der Waals surface area contributed by atoms with Crippen molar-refractivity contribution in [3.8, 4) is 0 Å². The summed E-state index contributed by atoms with van der Waals surface area (Å²) in [7, 11) is 0. The number of hydrogen-bond donors (Lipinski definition) is 2. The summed E-state index contributed by atoms with van der Waals surface area (Å²) in [5.74, 6) is 0.498. The van der Waals surface area contributed by atoms with E-state index in [0.717, 1.165) is 28.0 Å². The number of furan rings is 1. The van der Waals surface area contributed by atoms with E-state index in [1.165, 1.54) is 6.26 Å². The molecule has 1 aromatic carbocycles. The number of carbonyl (C=O) groups is 3. The molecule has 1 atom stereocenters. The lowest BCUT2D eigenvalue weighted by Gasteiger charge is -2.12. The van der Waals surface area contributed by atoms with Crippen LogP contribution in [0.3, 0.4) is 0 Å². The Morgan fingerprint density at radius 1 is 1.19 bits per heavy atom. The van der Waals surface area contributed by atoms with E-state index in [0.29, 0.717) is 11.7 Å². The number of urea groups is 1. The van der Waals surface area contributed by atoms with Crippen molar-refractivity contribution >= 4 is 34.4 Å². The highest BCUT2D eigenvalue weighted by Crippen LogP contribution is 2.26. The van der Waals surface area contributed by atoms with Crippen LogP contribution in [0, 0.1) is 5.92 Å². The molecular formula is C23H26N4O4. The van der Waals surface area contributed by atoms with Gasteiger partial charge in [-0.3, -0.25) is 14.5 Å². The largest absolute Gasteiger partial charge is 0.467 e. The summed E-state index contributed by atoms with van der Waals surface area (Å²) in [6.45, 7) is 5.31.